The molecule has 1 fully saturated rings. The molecule has 0 radical (unpaired) electrons. The maximum Gasteiger partial charge on any atom is 0.407 e. The SMILES string of the molecule is NC1CCC[C@H]1NC(=O)OCc1ccccc1. The van der Waals surface area contributed by atoms with E-state index in [1.807, 2.05) is 30.3 Å². The first-order valence-electron chi connectivity index (χ1n) is 5.98. The molecule has 1 aromatic carbocycles. The van der Waals surface area contributed by atoms with Gasteiger partial charge in [0.15, 0.2) is 0 Å². The zero-order chi connectivity index (χ0) is 12.1. The van der Waals surface area contributed by atoms with Crippen LogP contribution in [0.5, 0.6) is 0 Å². The summed E-state index contributed by atoms with van der Waals surface area (Å²) in [6.45, 7) is 0.300. The Kier molecular flexibility index (Phi) is 3.98. The van der Waals surface area contributed by atoms with Gasteiger partial charge in [0.25, 0.3) is 0 Å². The summed E-state index contributed by atoms with van der Waals surface area (Å²) in [5.41, 5.74) is 6.85. The lowest BCUT2D eigenvalue weighted by Crippen LogP contribution is -2.44. The molecule has 0 saturated heterocycles. The van der Waals surface area contributed by atoms with E-state index in [1.54, 1.807) is 0 Å². The second-order valence-corrected chi connectivity index (χ2v) is 4.41. The van der Waals surface area contributed by atoms with Gasteiger partial charge in [-0.25, -0.2) is 4.79 Å². The van der Waals surface area contributed by atoms with Crippen molar-refractivity contribution in [3.63, 3.8) is 0 Å². The molecule has 1 saturated carbocycles. The second-order valence-electron chi connectivity index (χ2n) is 4.41. The van der Waals surface area contributed by atoms with Crippen molar-refractivity contribution in [1.82, 2.24) is 5.32 Å². The highest BCUT2D eigenvalue weighted by Crippen LogP contribution is 2.17. The average Bonchev–Trinajstić information content (AvgIpc) is 2.74. The molecule has 17 heavy (non-hydrogen) atoms. The fourth-order valence-electron chi connectivity index (χ4n) is 2.08. The van der Waals surface area contributed by atoms with Gasteiger partial charge in [0.2, 0.25) is 0 Å². The molecule has 0 bridgehead atoms. The molecule has 1 aliphatic carbocycles. The predicted octanol–water partition coefficient (Wildman–Crippen LogP) is 1.79. The Bertz CT molecular complexity index is 367. The number of nitrogens with two attached hydrogens (primary N) is 1. The molecule has 0 aliphatic heterocycles. The quantitative estimate of drug-likeness (QED) is 0.838. The van der Waals surface area contributed by atoms with Gasteiger partial charge in [-0.15, -0.1) is 0 Å². The monoisotopic (exact) mass is 234 g/mol. The minimum atomic E-state index is -0.379. The van der Waals surface area contributed by atoms with E-state index in [4.69, 9.17) is 10.5 Å². The van der Waals surface area contributed by atoms with Gasteiger partial charge < -0.3 is 15.8 Å². The fraction of sp³-hybridized carbons (Fsp3) is 0.462. The van der Waals surface area contributed by atoms with Crippen LogP contribution in [0.15, 0.2) is 30.3 Å². The number of benzene rings is 1. The van der Waals surface area contributed by atoms with E-state index in [-0.39, 0.29) is 18.2 Å². The van der Waals surface area contributed by atoms with Gasteiger partial charge in [-0.1, -0.05) is 30.3 Å². The maximum atomic E-state index is 11.5. The normalized spacial score (nSPS) is 23.4. The lowest BCUT2D eigenvalue weighted by Gasteiger charge is -2.16. The van der Waals surface area contributed by atoms with Crippen molar-refractivity contribution >= 4 is 6.09 Å². The first-order chi connectivity index (χ1) is 8.25. The van der Waals surface area contributed by atoms with E-state index in [0.717, 1.165) is 24.8 Å². The number of ether oxygens (including phenoxy) is 1. The average molecular weight is 234 g/mol. The van der Waals surface area contributed by atoms with Crippen molar-refractivity contribution in [2.75, 3.05) is 0 Å². The number of hydrogen-bond donors (Lipinski definition) is 2. The molecule has 0 spiro atoms. The largest absolute Gasteiger partial charge is 0.445 e. The molecule has 2 atom stereocenters. The number of nitrogens with one attached hydrogen (secondary N) is 1. The molecule has 4 nitrogen and oxygen atoms in total. The van der Waals surface area contributed by atoms with Crippen LogP contribution in [0.25, 0.3) is 0 Å². The van der Waals surface area contributed by atoms with Crippen molar-refractivity contribution in [3.05, 3.63) is 35.9 Å². The first-order valence-corrected chi connectivity index (χ1v) is 5.98. The van der Waals surface area contributed by atoms with Crippen molar-refractivity contribution < 1.29 is 9.53 Å². The maximum absolute atomic E-state index is 11.5. The lowest BCUT2D eigenvalue weighted by atomic mass is 10.2. The third-order valence-electron chi connectivity index (χ3n) is 3.09. The highest BCUT2D eigenvalue weighted by atomic mass is 16.5. The molecule has 0 heterocycles. The molecule has 4 heteroatoms. The van der Waals surface area contributed by atoms with Gasteiger partial charge in [0.05, 0.1) is 0 Å². The van der Waals surface area contributed by atoms with E-state index < -0.39 is 0 Å². The highest BCUT2D eigenvalue weighted by Gasteiger charge is 2.25. The standard InChI is InChI=1S/C13H18N2O2/c14-11-7-4-8-12(11)15-13(16)17-9-10-5-2-1-3-6-10/h1-3,5-6,11-12H,4,7-9,14H2,(H,15,16)/t11?,12-/m1/s1. The molecule has 92 valence electrons. The van der Waals surface area contributed by atoms with E-state index in [1.165, 1.54) is 0 Å². The van der Waals surface area contributed by atoms with Gasteiger partial charge in [-0.05, 0) is 24.8 Å². The lowest BCUT2D eigenvalue weighted by molar-refractivity contribution is 0.135. The molecule has 1 unspecified atom stereocenters. The Morgan fingerprint density at radius 2 is 2.12 bits per heavy atom. The zero-order valence-electron chi connectivity index (χ0n) is 9.76. The van der Waals surface area contributed by atoms with Gasteiger partial charge >= 0.3 is 6.09 Å². The number of carbonyl (C=O) groups is 1. The topological polar surface area (TPSA) is 64.3 Å². The number of carbonyl (C=O) groups excluding carboxylic acids is 1. The molecule has 0 aromatic heterocycles. The summed E-state index contributed by atoms with van der Waals surface area (Å²) in [5.74, 6) is 0. The van der Waals surface area contributed by atoms with Gasteiger partial charge in [0, 0.05) is 12.1 Å². The summed E-state index contributed by atoms with van der Waals surface area (Å²) >= 11 is 0. The van der Waals surface area contributed by atoms with Crippen molar-refractivity contribution in [2.45, 2.75) is 38.0 Å². The zero-order valence-corrected chi connectivity index (χ0v) is 9.76. The Morgan fingerprint density at radius 1 is 1.35 bits per heavy atom. The van der Waals surface area contributed by atoms with Crippen LogP contribution < -0.4 is 11.1 Å². The van der Waals surface area contributed by atoms with Crippen molar-refractivity contribution in [1.29, 1.82) is 0 Å². The van der Waals surface area contributed by atoms with Crippen LogP contribution in [0, 0.1) is 0 Å². The Morgan fingerprint density at radius 3 is 2.76 bits per heavy atom. The molecule has 1 amide bonds. The smallest absolute Gasteiger partial charge is 0.407 e. The fourth-order valence-corrected chi connectivity index (χ4v) is 2.08. The summed E-state index contributed by atoms with van der Waals surface area (Å²) in [7, 11) is 0. The minimum Gasteiger partial charge on any atom is -0.445 e. The van der Waals surface area contributed by atoms with Crippen LogP contribution in [-0.4, -0.2) is 18.2 Å². The molecular weight excluding hydrogens is 216 g/mol. The number of amides is 1. The highest BCUT2D eigenvalue weighted by molar-refractivity contribution is 5.67. The molecule has 1 aromatic rings. The van der Waals surface area contributed by atoms with Crippen molar-refractivity contribution in [2.24, 2.45) is 5.73 Å². The van der Waals surface area contributed by atoms with E-state index in [9.17, 15) is 4.79 Å². The summed E-state index contributed by atoms with van der Waals surface area (Å²) in [5, 5.41) is 2.81. The van der Waals surface area contributed by atoms with E-state index in [0.29, 0.717) is 6.61 Å². The third kappa shape index (κ3) is 3.46. The molecule has 3 N–H and O–H groups in total. The molecular formula is C13H18N2O2. The second kappa shape index (κ2) is 5.68. The van der Waals surface area contributed by atoms with E-state index >= 15 is 0 Å². The molecule has 1 aliphatic rings. The third-order valence-corrected chi connectivity index (χ3v) is 3.09. The van der Waals surface area contributed by atoms with Gasteiger partial charge in [0.1, 0.15) is 6.61 Å². The minimum absolute atomic E-state index is 0.0678. The van der Waals surface area contributed by atoms with Gasteiger partial charge in [-0.3, -0.25) is 0 Å². The van der Waals surface area contributed by atoms with Crippen LogP contribution >= 0.6 is 0 Å². The van der Waals surface area contributed by atoms with Crippen molar-refractivity contribution in [3.8, 4) is 0 Å². The first kappa shape index (κ1) is 11.9. The van der Waals surface area contributed by atoms with Crippen LogP contribution in [0.2, 0.25) is 0 Å². The Balaban J connectivity index is 1.74. The Hall–Kier alpha value is -1.55. The van der Waals surface area contributed by atoms with Gasteiger partial charge in [-0.2, -0.15) is 0 Å². The van der Waals surface area contributed by atoms with Crippen LogP contribution in [-0.2, 0) is 11.3 Å². The summed E-state index contributed by atoms with van der Waals surface area (Å²) in [6.07, 6.45) is 2.62. The summed E-state index contributed by atoms with van der Waals surface area (Å²) in [6, 6.07) is 9.76. The predicted molar refractivity (Wildman–Crippen MR) is 65.4 cm³/mol. The number of alkyl carbamates (subject to hydrolysis) is 1. The number of hydrogen-bond acceptors (Lipinski definition) is 3. The summed E-state index contributed by atoms with van der Waals surface area (Å²) < 4.78 is 5.13. The molecule has 2 rings (SSSR count). The van der Waals surface area contributed by atoms with E-state index in [2.05, 4.69) is 5.32 Å². The summed E-state index contributed by atoms with van der Waals surface area (Å²) in [4.78, 5) is 11.5. The van der Waals surface area contributed by atoms with Crippen LogP contribution in [0.3, 0.4) is 0 Å². The van der Waals surface area contributed by atoms with Crippen LogP contribution in [0.1, 0.15) is 24.8 Å². The Labute approximate surface area is 101 Å². The van der Waals surface area contributed by atoms with Crippen LogP contribution in [0.4, 0.5) is 4.79 Å². The number of rotatable bonds is 3.